The van der Waals surface area contributed by atoms with Crippen LogP contribution >= 0.6 is 0 Å². The molecule has 3 N–H and O–H groups in total. The number of anilines is 1. The number of oxazole rings is 2. The lowest BCUT2D eigenvalue weighted by Gasteiger charge is -2.28. The number of fused-ring (bicyclic) bond motifs is 4. The Labute approximate surface area is 290 Å². The van der Waals surface area contributed by atoms with E-state index in [1.165, 1.54) is 0 Å². The molecule has 50 heavy (non-hydrogen) atoms. The third-order valence-corrected chi connectivity index (χ3v) is 10.3. The van der Waals surface area contributed by atoms with E-state index in [1.54, 1.807) is 20.0 Å². The maximum absolute atomic E-state index is 14.1. The maximum atomic E-state index is 14.1. The number of nitrogens with zero attached hydrogens (tertiary/aromatic N) is 2. The molecule has 256 valence electrons. The molecule has 3 unspecified atom stereocenters. The second-order valence-electron chi connectivity index (χ2n) is 14.4. The van der Waals surface area contributed by atoms with E-state index in [2.05, 4.69) is 16.7 Å². The van der Waals surface area contributed by atoms with E-state index >= 15 is 0 Å². The van der Waals surface area contributed by atoms with Crippen molar-refractivity contribution >= 4 is 17.4 Å². The monoisotopic (exact) mass is 672 g/mol. The summed E-state index contributed by atoms with van der Waals surface area (Å²) in [5, 5.41) is 17.4. The summed E-state index contributed by atoms with van der Waals surface area (Å²) in [6.07, 6.45) is 0.127. The number of rotatable bonds is 7. The van der Waals surface area contributed by atoms with Gasteiger partial charge in [-0.2, -0.15) is 0 Å². The SMILES string of the molecule is Cc1ccc(-c2cnc(-c3nc4oc3[C@@]35c6ccccc6NC3Oc3ccc(cc35)CC(CC(=O)[C@@H](O)C(C)C)C(=O)NC4C(C)C)o2)cc1. The van der Waals surface area contributed by atoms with Gasteiger partial charge in [0.1, 0.15) is 23.3 Å². The first-order valence-corrected chi connectivity index (χ1v) is 17.3. The molecule has 0 radical (unpaired) electrons. The van der Waals surface area contributed by atoms with Crippen LogP contribution in [0.15, 0.2) is 81.8 Å². The van der Waals surface area contributed by atoms with E-state index in [4.69, 9.17) is 23.5 Å². The summed E-state index contributed by atoms with van der Waals surface area (Å²) in [6, 6.07) is 21.3. The first-order valence-electron chi connectivity index (χ1n) is 17.3. The summed E-state index contributed by atoms with van der Waals surface area (Å²) >= 11 is 0. The lowest BCUT2D eigenvalue weighted by Crippen LogP contribution is -2.41. The lowest BCUT2D eigenvalue weighted by atomic mass is 9.72. The summed E-state index contributed by atoms with van der Waals surface area (Å²) in [6.45, 7) is 9.58. The Morgan fingerprint density at radius 3 is 2.54 bits per heavy atom. The Bertz CT molecular complexity index is 2110. The topological polar surface area (TPSA) is 140 Å². The standard InChI is InChI=1S/C40H40N4O6/c1-20(2)32-38-44-33(37-41-19-31(48-37)24-13-10-22(5)11-14-24)35(50-38)40-26-8-6-7-9-28(26)42-39(40)49-30-15-12-23(17-27(30)40)16-25(36(47)43-32)18-29(45)34(46)21(3)4/h6-15,17,19-21,25,32,34,39,42,46H,16,18H2,1-5H3,(H,43,47)/t25?,32?,34-,39?,40-/m0/s1. The van der Waals surface area contributed by atoms with Crippen molar-refractivity contribution in [2.75, 3.05) is 5.32 Å². The average molecular weight is 673 g/mol. The Balaban J connectivity index is 1.35. The van der Waals surface area contributed by atoms with Crippen molar-refractivity contribution in [1.82, 2.24) is 15.3 Å². The van der Waals surface area contributed by atoms with Crippen LogP contribution in [0.3, 0.4) is 0 Å². The van der Waals surface area contributed by atoms with Crippen LogP contribution in [0.2, 0.25) is 0 Å². The van der Waals surface area contributed by atoms with Gasteiger partial charge in [0.25, 0.3) is 0 Å². The van der Waals surface area contributed by atoms with Gasteiger partial charge in [0.2, 0.25) is 17.7 Å². The van der Waals surface area contributed by atoms with Crippen molar-refractivity contribution in [3.05, 3.63) is 107 Å². The molecule has 0 saturated carbocycles. The first-order chi connectivity index (χ1) is 24.0. The van der Waals surface area contributed by atoms with Crippen LogP contribution < -0.4 is 15.4 Å². The number of ketones is 1. The second-order valence-corrected chi connectivity index (χ2v) is 14.4. The van der Waals surface area contributed by atoms with Crippen molar-refractivity contribution in [2.45, 2.75) is 71.2 Å². The van der Waals surface area contributed by atoms with Gasteiger partial charge < -0.3 is 29.3 Å². The molecule has 3 aromatic carbocycles. The van der Waals surface area contributed by atoms with E-state index in [0.717, 1.165) is 33.5 Å². The van der Waals surface area contributed by atoms with Crippen molar-refractivity contribution in [3.8, 4) is 28.7 Å². The van der Waals surface area contributed by atoms with E-state index in [-0.39, 0.29) is 42.3 Å². The Morgan fingerprint density at radius 1 is 1.00 bits per heavy atom. The van der Waals surface area contributed by atoms with E-state index < -0.39 is 29.7 Å². The smallest absolute Gasteiger partial charge is 0.249 e. The van der Waals surface area contributed by atoms with Crippen molar-refractivity contribution in [2.24, 2.45) is 17.8 Å². The largest absolute Gasteiger partial charge is 0.469 e. The minimum Gasteiger partial charge on any atom is -0.469 e. The summed E-state index contributed by atoms with van der Waals surface area (Å²) < 4.78 is 20.0. The van der Waals surface area contributed by atoms with Gasteiger partial charge in [-0.25, -0.2) is 9.97 Å². The molecule has 10 heteroatoms. The van der Waals surface area contributed by atoms with Crippen LogP contribution in [0.25, 0.3) is 22.9 Å². The zero-order chi connectivity index (χ0) is 34.9. The fourth-order valence-corrected chi connectivity index (χ4v) is 7.53. The van der Waals surface area contributed by atoms with Crippen molar-refractivity contribution < 1.29 is 28.3 Å². The first kappa shape index (κ1) is 32.0. The number of hydrogen-bond donors (Lipinski definition) is 3. The summed E-state index contributed by atoms with van der Waals surface area (Å²) in [5.41, 5.74) is 4.98. The molecule has 4 bridgehead atoms. The Morgan fingerprint density at radius 2 is 1.78 bits per heavy atom. The quantitative estimate of drug-likeness (QED) is 0.171. The zero-order valence-electron chi connectivity index (χ0n) is 28.7. The highest BCUT2D eigenvalue weighted by molar-refractivity contribution is 5.89. The minimum absolute atomic E-state index is 0.109. The molecule has 0 fully saturated rings. The molecule has 1 amide bonds. The third-order valence-electron chi connectivity index (χ3n) is 10.3. The summed E-state index contributed by atoms with van der Waals surface area (Å²) in [5.74, 6) is 0.501. The Hall–Kier alpha value is -5.22. The summed E-state index contributed by atoms with van der Waals surface area (Å²) in [7, 11) is 0. The van der Waals surface area contributed by atoms with Crippen molar-refractivity contribution in [3.63, 3.8) is 0 Å². The molecule has 5 aromatic rings. The fraction of sp³-hybridized carbons (Fsp3) is 0.350. The third kappa shape index (κ3) is 5.04. The van der Waals surface area contributed by atoms with E-state index in [0.29, 0.717) is 28.9 Å². The second kappa shape index (κ2) is 12.0. The van der Waals surface area contributed by atoms with Gasteiger partial charge >= 0.3 is 0 Å². The van der Waals surface area contributed by atoms with Gasteiger partial charge in [0, 0.05) is 29.2 Å². The van der Waals surface area contributed by atoms with Crippen LogP contribution in [-0.4, -0.2) is 39.1 Å². The van der Waals surface area contributed by atoms with E-state index in [1.807, 2.05) is 81.4 Å². The molecular weight excluding hydrogens is 632 g/mol. The number of ether oxygens (including phenoxy) is 1. The number of para-hydroxylation sites is 1. The molecule has 10 nitrogen and oxygen atoms in total. The number of Topliss-reactive ketones (excluding diaryl/α,β-unsaturated/α-hetero) is 1. The number of amides is 1. The molecular formula is C40H40N4O6. The van der Waals surface area contributed by atoms with Gasteiger partial charge in [-0.3, -0.25) is 9.59 Å². The van der Waals surface area contributed by atoms with Gasteiger partial charge in [0.15, 0.2) is 29.2 Å². The predicted octanol–water partition coefficient (Wildman–Crippen LogP) is 6.75. The average Bonchev–Trinajstić information content (AvgIpc) is 3.87. The van der Waals surface area contributed by atoms with Gasteiger partial charge in [-0.15, -0.1) is 0 Å². The number of benzene rings is 3. The molecule has 2 aromatic heterocycles. The number of nitrogens with one attached hydrogen (secondary N) is 2. The molecule has 1 spiro atoms. The van der Waals surface area contributed by atoms with Crippen LogP contribution in [0.4, 0.5) is 5.69 Å². The highest BCUT2D eigenvalue weighted by atomic mass is 16.5. The molecule has 3 aliphatic rings. The minimum atomic E-state index is -1.16. The summed E-state index contributed by atoms with van der Waals surface area (Å²) in [4.78, 5) is 37.2. The fourth-order valence-electron chi connectivity index (χ4n) is 7.53. The van der Waals surface area contributed by atoms with E-state index in [9.17, 15) is 14.7 Å². The van der Waals surface area contributed by atoms with Crippen LogP contribution in [0.1, 0.15) is 74.1 Å². The van der Waals surface area contributed by atoms with Crippen LogP contribution in [0, 0.1) is 24.7 Å². The number of aliphatic hydroxyl groups excluding tert-OH is 1. The number of carbonyl (C=O) groups is 2. The van der Waals surface area contributed by atoms with Crippen LogP contribution in [-0.2, 0) is 21.4 Å². The van der Waals surface area contributed by atoms with Crippen LogP contribution in [0.5, 0.6) is 5.75 Å². The number of aromatic nitrogens is 2. The highest BCUT2D eigenvalue weighted by Crippen LogP contribution is 2.59. The number of aliphatic hydroxyl groups is 1. The molecule has 3 aliphatic heterocycles. The Kier molecular flexibility index (Phi) is 7.67. The molecule has 8 rings (SSSR count). The highest BCUT2D eigenvalue weighted by Gasteiger charge is 2.61. The number of aryl methyl sites for hydroxylation is 1. The zero-order valence-corrected chi connectivity index (χ0v) is 28.7. The normalized spacial score (nSPS) is 22.6. The van der Waals surface area contributed by atoms with Gasteiger partial charge in [0.05, 0.1) is 6.20 Å². The lowest BCUT2D eigenvalue weighted by molar-refractivity contribution is -0.135. The maximum Gasteiger partial charge on any atom is 0.249 e. The molecule has 0 saturated heterocycles. The molecule has 0 aliphatic carbocycles. The van der Waals surface area contributed by atoms with Gasteiger partial charge in [-0.05, 0) is 48.4 Å². The van der Waals surface area contributed by atoms with Crippen molar-refractivity contribution in [1.29, 1.82) is 0 Å². The predicted molar refractivity (Wildman–Crippen MR) is 186 cm³/mol. The molecule has 5 atom stereocenters. The molecule has 5 heterocycles. The van der Waals surface area contributed by atoms with Gasteiger partial charge in [-0.1, -0.05) is 87.9 Å². The number of hydrogen-bond acceptors (Lipinski definition) is 9. The number of carbonyl (C=O) groups excluding carboxylic acids is 2.